The van der Waals surface area contributed by atoms with Crippen LogP contribution in [-0.2, 0) is 0 Å². The molecule has 2 rings (SSSR count). The fourth-order valence-electron chi connectivity index (χ4n) is 1.65. The van der Waals surface area contributed by atoms with Gasteiger partial charge in [-0.15, -0.1) is 0 Å². The van der Waals surface area contributed by atoms with E-state index in [1.807, 2.05) is 12.1 Å². The van der Waals surface area contributed by atoms with E-state index in [-0.39, 0.29) is 10.6 Å². The summed E-state index contributed by atoms with van der Waals surface area (Å²) in [6.45, 7) is 1.75. The minimum Gasteiger partial charge on any atom is -0.258 e. The number of nitro benzene ring substituents is 1. The summed E-state index contributed by atoms with van der Waals surface area (Å²) in [7, 11) is 0. The summed E-state index contributed by atoms with van der Waals surface area (Å²) in [5.41, 5.74) is 0.874. The average molecular weight is 266 g/mol. The van der Waals surface area contributed by atoms with Gasteiger partial charge in [-0.05, 0) is 19.1 Å². The van der Waals surface area contributed by atoms with Crippen molar-refractivity contribution < 1.29 is 4.92 Å². The van der Waals surface area contributed by atoms with Gasteiger partial charge in [-0.3, -0.25) is 10.1 Å². The van der Waals surface area contributed by atoms with Crippen LogP contribution in [0.2, 0.25) is 0 Å². The topological polar surface area (TPSA) is 43.1 Å². The van der Waals surface area contributed by atoms with Gasteiger partial charge in [-0.1, -0.05) is 34.1 Å². The summed E-state index contributed by atoms with van der Waals surface area (Å²) >= 11 is 3.38. The van der Waals surface area contributed by atoms with Gasteiger partial charge in [0.15, 0.2) is 0 Å². The van der Waals surface area contributed by atoms with Crippen LogP contribution in [0, 0.1) is 17.0 Å². The van der Waals surface area contributed by atoms with Crippen LogP contribution in [0.1, 0.15) is 5.56 Å². The Balaban J connectivity index is 2.94. The summed E-state index contributed by atoms with van der Waals surface area (Å²) in [6.07, 6.45) is 0. The molecular formula is C11H8BrNO2. The zero-order chi connectivity index (χ0) is 11.0. The van der Waals surface area contributed by atoms with E-state index in [1.54, 1.807) is 25.1 Å². The van der Waals surface area contributed by atoms with Gasteiger partial charge in [0.2, 0.25) is 0 Å². The molecular weight excluding hydrogens is 258 g/mol. The van der Waals surface area contributed by atoms with E-state index in [9.17, 15) is 10.1 Å². The fraction of sp³-hybridized carbons (Fsp3) is 0.0909. The van der Waals surface area contributed by atoms with Gasteiger partial charge >= 0.3 is 0 Å². The number of benzene rings is 2. The summed E-state index contributed by atoms with van der Waals surface area (Å²) in [6, 6.07) is 9.11. The lowest BCUT2D eigenvalue weighted by Crippen LogP contribution is -1.93. The first-order valence-electron chi connectivity index (χ1n) is 4.43. The van der Waals surface area contributed by atoms with Crippen molar-refractivity contribution in [1.29, 1.82) is 0 Å². The number of nitrogens with zero attached hydrogens (tertiary/aromatic N) is 1. The Labute approximate surface area is 95.0 Å². The maximum Gasteiger partial charge on any atom is 0.280 e. The summed E-state index contributed by atoms with van der Waals surface area (Å²) < 4.78 is 0.878. The molecule has 0 saturated carbocycles. The standard InChI is InChI=1S/C11H8BrNO2/c1-7-5-6-8-9(11(7)13(14)15)3-2-4-10(8)12/h2-6H,1H3. The zero-order valence-corrected chi connectivity index (χ0v) is 9.61. The fourth-order valence-corrected chi connectivity index (χ4v) is 2.15. The van der Waals surface area contributed by atoms with Crippen LogP contribution >= 0.6 is 15.9 Å². The summed E-state index contributed by atoms with van der Waals surface area (Å²) in [4.78, 5) is 10.6. The second-order valence-electron chi connectivity index (χ2n) is 3.32. The van der Waals surface area contributed by atoms with E-state index >= 15 is 0 Å². The molecule has 2 aromatic carbocycles. The summed E-state index contributed by atoms with van der Waals surface area (Å²) in [5.74, 6) is 0. The van der Waals surface area contributed by atoms with Gasteiger partial charge in [-0.2, -0.15) is 0 Å². The van der Waals surface area contributed by atoms with Crippen molar-refractivity contribution in [2.24, 2.45) is 0 Å². The lowest BCUT2D eigenvalue weighted by atomic mass is 10.1. The minimum absolute atomic E-state index is 0.189. The second-order valence-corrected chi connectivity index (χ2v) is 4.18. The molecule has 0 saturated heterocycles. The van der Waals surface area contributed by atoms with Gasteiger partial charge in [0.1, 0.15) is 0 Å². The van der Waals surface area contributed by atoms with E-state index in [2.05, 4.69) is 15.9 Å². The Bertz CT molecular complexity index is 552. The third-order valence-electron chi connectivity index (χ3n) is 2.36. The maximum absolute atomic E-state index is 10.9. The Morgan fingerprint density at radius 2 is 1.93 bits per heavy atom. The molecule has 0 heterocycles. The molecule has 2 aromatic rings. The maximum atomic E-state index is 10.9. The van der Waals surface area contributed by atoms with Crippen LogP contribution < -0.4 is 0 Å². The number of hydrogen-bond acceptors (Lipinski definition) is 2. The lowest BCUT2D eigenvalue weighted by molar-refractivity contribution is -0.383. The molecule has 15 heavy (non-hydrogen) atoms. The molecule has 0 aliphatic heterocycles. The van der Waals surface area contributed by atoms with Crippen LogP contribution in [0.25, 0.3) is 10.8 Å². The van der Waals surface area contributed by atoms with Crippen LogP contribution in [0.4, 0.5) is 5.69 Å². The van der Waals surface area contributed by atoms with Crippen molar-refractivity contribution in [3.8, 4) is 0 Å². The van der Waals surface area contributed by atoms with Crippen LogP contribution in [0.3, 0.4) is 0 Å². The van der Waals surface area contributed by atoms with Crippen LogP contribution in [0.5, 0.6) is 0 Å². The van der Waals surface area contributed by atoms with Gasteiger partial charge in [0.05, 0.1) is 10.3 Å². The monoisotopic (exact) mass is 265 g/mol. The predicted molar refractivity (Wildman–Crippen MR) is 63.0 cm³/mol. The second kappa shape index (κ2) is 3.62. The number of nitro groups is 1. The molecule has 0 spiro atoms. The largest absolute Gasteiger partial charge is 0.280 e. The smallest absolute Gasteiger partial charge is 0.258 e. The molecule has 4 heteroatoms. The number of rotatable bonds is 1. The Hall–Kier alpha value is -1.42. The SMILES string of the molecule is Cc1ccc2c(Br)cccc2c1[N+](=O)[O-]. The number of halogens is 1. The van der Waals surface area contributed by atoms with Crippen molar-refractivity contribution in [3.05, 3.63) is 50.5 Å². The molecule has 0 N–H and O–H groups in total. The first-order chi connectivity index (χ1) is 7.11. The van der Waals surface area contributed by atoms with E-state index < -0.39 is 0 Å². The highest BCUT2D eigenvalue weighted by molar-refractivity contribution is 9.10. The quantitative estimate of drug-likeness (QED) is 0.581. The van der Waals surface area contributed by atoms with Crippen LogP contribution in [-0.4, -0.2) is 4.92 Å². The first-order valence-corrected chi connectivity index (χ1v) is 5.23. The van der Waals surface area contributed by atoms with Crippen LogP contribution in [0.15, 0.2) is 34.8 Å². The number of aryl methyl sites for hydroxylation is 1. The first kappa shape index (κ1) is 10.1. The van der Waals surface area contributed by atoms with E-state index in [0.29, 0.717) is 10.9 Å². The molecule has 0 amide bonds. The molecule has 0 atom stereocenters. The van der Waals surface area contributed by atoms with E-state index in [1.165, 1.54) is 0 Å². The lowest BCUT2D eigenvalue weighted by Gasteiger charge is -2.03. The molecule has 76 valence electrons. The number of fused-ring (bicyclic) bond motifs is 1. The van der Waals surface area contributed by atoms with Gasteiger partial charge in [0, 0.05) is 15.4 Å². The molecule has 0 bridgehead atoms. The Morgan fingerprint density at radius 1 is 1.20 bits per heavy atom. The van der Waals surface area contributed by atoms with Gasteiger partial charge in [0.25, 0.3) is 5.69 Å². The predicted octanol–water partition coefficient (Wildman–Crippen LogP) is 3.82. The van der Waals surface area contributed by atoms with E-state index in [0.717, 1.165) is 9.86 Å². The van der Waals surface area contributed by atoms with Gasteiger partial charge < -0.3 is 0 Å². The normalized spacial score (nSPS) is 10.5. The van der Waals surface area contributed by atoms with Crippen molar-refractivity contribution in [2.75, 3.05) is 0 Å². The molecule has 0 aromatic heterocycles. The third-order valence-corrected chi connectivity index (χ3v) is 3.06. The highest BCUT2D eigenvalue weighted by Crippen LogP contribution is 2.32. The minimum atomic E-state index is -0.329. The molecule has 0 aliphatic carbocycles. The van der Waals surface area contributed by atoms with Crippen molar-refractivity contribution in [1.82, 2.24) is 0 Å². The van der Waals surface area contributed by atoms with E-state index in [4.69, 9.17) is 0 Å². The molecule has 0 fully saturated rings. The van der Waals surface area contributed by atoms with Crippen molar-refractivity contribution in [3.63, 3.8) is 0 Å². The highest BCUT2D eigenvalue weighted by Gasteiger charge is 2.15. The summed E-state index contributed by atoms with van der Waals surface area (Å²) in [5, 5.41) is 12.5. The molecule has 3 nitrogen and oxygen atoms in total. The zero-order valence-electron chi connectivity index (χ0n) is 8.03. The Morgan fingerprint density at radius 3 is 2.60 bits per heavy atom. The molecule has 0 radical (unpaired) electrons. The Kier molecular flexibility index (Phi) is 2.44. The van der Waals surface area contributed by atoms with Crippen molar-refractivity contribution >= 4 is 32.4 Å². The van der Waals surface area contributed by atoms with Crippen molar-refractivity contribution in [2.45, 2.75) is 6.92 Å². The average Bonchev–Trinajstić information content (AvgIpc) is 2.17. The third kappa shape index (κ3) is 1.61. The van der Waals surface area contributed by atoms with Gasteiger partial charge in [-0.25, -0.2) is 0 Å². The molecule has 0 unspecified atom stereocenters. The highest BCUT2D eigenvalue weighted by atomic mass is 79.9. The number of hydrogen-bond donors (Lipinski definition) is 0. The molecule has 0 aliphatic rings.